The van der Waals surface area contributed by atoms with Crippen LogP contribution in [0.4, 0.5) is 5.82 Å². The lowest BCUT2D eigenvalue weighted by Crippen LogP contribution is -2.36. The van der Waals surface area contributed by atoms with E-state index in [1.807, 2.05) is 18.3 Å². The first-order chi connectivity index (χ1) is 13.5. The van der Waals surface area contributed by atoms with Gasteiger partial charge in [-0.3, -0.25) is 9.59 Å². The van der Waals surface area contributed by atoms with E-state index in [-0.39, 0.29) is 11.7 Å². The zero-order valence-corrected chi connectivity index (χ0v) is 16.5. The number of rotatable bonds is 7. The normalized spacial score (nSPS) is 15.0. The second kappa shape index (κ2) is 9.35. The molecule has 148 valence electrons. The second-order valence-electron chi connectivity index (χ2n) is 7.13. The van der Waals surface area contributed by atoms with Gasteiger partial charge in [0.25, 0.3) is 5.91 Å². The molecule has 0 aliphatic carbocycles. The molecule has 1 saturated heterocycles. The van der Waals surface area contributed by atoms with Crippen LogP contribution >= 0.6 is 0 Å². The average Bonchev–Trinajstić information content (AvgIpc) is 2.73. The highest BCUT2D eigenvalue weighted by Crippen LogP contribution is 2.18. The third-order valence-electron chi connectivity index (χ3n) is 4.88. The van der Waals surface area contributed by atoms with Crippen LogP contribution in [0.1, 0.15) is 49.0 Å². The SMILES string of the molecule is CC(=O)c1cccc(OC(C)C(=O)NCc2ccc(N3CCCCC3)nc2)c1. The summed E-state index contributed by atoms with van der Waals surface area (Å²) < 4.78 is 5.67. The van der Waals surface area contributed by atoms with Gasteiger partial charge in [0.15, 0.2) is 11.9 Å². The third kappa shape index (κ3) is 5.31. The number of hydrogen-bond acceptors (Lipinski definition) is 5. The van der Waals surface area contributed by atoms with E-state index < -0.39 is 6.10 Å². The number of benzene rings is 1. The monoisotopic (exact) mass is 381 g/mol. The highest BCUT2D eigenvalue weighted by Gasteiger charge is 2.15. The minimum Gasteiger partial charge on any atom is -0.481 e. The van der Waals surface area contributed by atoms with Crippen LogP contribution in [0.25, 0.3) is 0 Å². The molecule has 0 radical (unpaired) electrons. The predicted octanol–water partition coefficient (Wildman–Crippen LogP) is 3.36. The van der Waals surface area contributed by atoms with Crippen molar-refractivity contribution in [2.75, 3.05) is 18.0 Å². The Hall–Kier alpha value is -2.89. The number of hydrogen-bond donors (Lipinski definition) is 1. The number of carbonyl (C=O) groups excluding carboxylic acids is 2. The van der Waals surface area contributed by atoms with Gasteiger partial charge in [0.2, 0.25) is 0 Å². The Labute approximate surface area is 165 Å². The molecular formula is C22H27N3O3. The number of Topliss-reactive ketones (excluding diaryl/α,β-unsaturated/α-hetero) is 1. The lowest BCUT2D eigenvalue weighted by Gasteiger charge is -2.27. The number of pyridine rings is 1. The Bertz CT molecular complexity index is 814. The summed E-state index contributed by atoms with van der Waals surface area (Å²) in [6, 6.07) is 10.9. The summed E-state index contributed by atoms with van der Waals surface area (Å²) in [5.74, 6) is 1.25. The van der Waals surface area contributed by atoms with E-state index in [9.17, 15) is 9.59 Å². The molecular weight excluding hydrogens is 354 g/mol. The Balaban J connectivity index is 1.50. The Kier molecular flexibility index (Phi) is 6.63. The second-order valence-corrected chi connectivity index (χ2v) is 7.13. The topological polar surface area (TPSA) is 71.5 Å². The third-order valence-corrected chi connectivity index (χ3v) is 4.88. The van der Waals surface area contributed by atoms with Gasteiger partial charge in [0.05, 0.1) is 0 Å². The summed E-state index contributed by atoms with van der Waals surface area (Å²) in [6.07, 6.45) is 4.87. The van der Waals surface area contributed by atoms with Crippen molar-refractivity contribution in [2.45, 2.75) is 45.8 Å². The molecule has 1 atom stereocenters. The van der Waals surface area contributed by atoms with E-state index in [2.05, 4.69) is 15.2 Å². The maximum absolute atomic E-state index is 12.3. The minimum absolute atomic E-state index is 0.0388. The number of ether oxygens (including phenoxy) is 1. The summed E-state index contributed by atoms with van der Waals surface area (Å²) in [7, 11) is 0. The van der Waals surface area contributed by atoms with E-state index in [0.29, 0.717) is 17.9 Å². The zero-order chi connectivity index (χ0) is 19.9. The molecule has 0 spiro atoms. The number of nitrogens with zero attached hydrogens (tertiary/aromatic N) is 2. The van der Waals surface area contributed by atoms with E-state index >= 15 is 0 Å². The molecule has 3 rings (SSSR count). The molecule has 1 aromatic carbocycles. The highest BCUT2D eigenvalue weighted by molar-refractivity contribution is 5.94. The molecule has 0 saturated carbocycles. The maximum Gasteiger partial charge on any atom is 0.261 e. The summed E-state index contributed by atoms with van der Waals surface area (Å²) in [5, 5.41) is 2.87. The van der Waals surface area contributed by atoms with E-state index in [1.165, 1.54) is 26.2 Å². The van der Waals surface area contributed by atoms with Crippen molar-refractivity contribution in [3.8, 4) is 5.75 Å². The van der Waals surface area contributed by atoms with Crippen molar-refractivity contribution < 1.29 is 14.3 Å². The van der Waals surface area contributed by atoms with Crippen LogP contribution in [-0.4, -0.2) is 35.9 Å². The van der Waals surface area contributed by atoms with Gasteiger partial charge in [-0.15, -0.1) is 0 Å². The molecule has 6 heteroatoms. The van der Waals surface area contributed by atoms with E-state index in [1.54, 1.807) is 31.2 Å². The van der Waals surface area contributed by atoms with Crippen LogP contribution < -0.4 is 15.0 Å². The van der Waals surface area contributed by atoms with Gasteiger partial charge >= 0.3 is 0 Å². The van der Waals surface area contributed by atoms with Gasteiger partial charge in [-0.1, -0.05) is 18.2 Å². The first kappa shape index (κ1) is 19.9. The van der Waals surface area contributed by atoms with Gasteiger partial charge < -0.3 is 15.0 Å². The van der Waals surface area contributed by atoms with Gasteiger partial charge in [0, 0.05) is 31.4 Å². The van der Waals surface area contributed by atoms with Crippen molar-refractivity contribution in [1.29, 1.82) is 0 Å². The fraction of sp³-hybridized carbons (Fsp3) is 0.409. The van der Waals surface area contributed by atoms with Gasteiger partial charge in [-0.25, -0.2) is 4.98 Å². The first-order valence-corrected chi connectivity index (χ1v) is 9.78. The predicted molar refractivity (Wildman–Crippen MR) is 109 cm³/mol. The molecule has 0 bridgehead atoms. The van der Waals surface area contributed by atoms with Crippen molar-refractivity contribution >= 4 is 17.5 Å². The number of anilines is 1. The number of aromatic nitrogens is 1. The molecule has 1 fully saturated rings. The summed E-state index contributed by atoms with van der Waals surface area (Å²) >= 11 is 0. The Morgan fingerprint density at radius 2 is 1.96 bits per heavy atom. The molecule has 1 aliphatic rings. The number of nitrogens with one attached hydrogen (secondary N) is 1. The van der Waals surface area contributed by atoms with Crippen LogP contribution in [0.2, 0.25) is 0 Å². The smallest absolute Gasteiger partial charge is 0.261 e. The lowest BCUT2D eigenvalue weighted by atomic mass is 10.1. The van der Waals surface area contributed by atoms with Crippen LogP contribution in [0.5, 0.6) is 5.75 Å². The highest BCUT2D eigenvalue weighted by atomic mass is 16.5. The standard InChI is InChI=1S/C22H27N3O3/c1-16(26)19-7-6-8-20(13-19)28-17(2)22(27)24-15-18-9-10-21(23-14-18)25-11-4-3-5-12-25/h6-10,13-14,17H,3-5,11-12,15H2,1-2H3,(H,24,27). The molecule has 1 unspecified atom stereocenters. The molecule has 1 N–H and O–H groups in total. The number of ketones is 1. The number of carbonyl (C=O) groups is 2. The summed E-state index contributed by atoms with van der Waals surface area (Å²) in [5.41, 5.74) is 1.50. The minimum atomic E-state index is -0.664. The van der Waals surface area contributed by atoms with Crippen LogP contribution in [0, 0.1) is 0 Å². The fourth-order valence-electron chi connectivity index (χ4n) is 3.21. The number of amides is 1. The fourth-order valence-corrected chi connectivity index (χ4v) is 3.21. The Morgan fingerprint density at radius 3 is 2.64 bits per heavy atom. The van der Waals surface area contributed by atoms with Crippen LogP contribution in [0.15, 0.2) is 42.6 Å². The largest absolute Gasteiger partial charge is 0.481 e. The molecule has 2 aromatic rings. The first-order valence-electron chi connectivity index (χ1n) is 9.78. The lowest BCUT2D eigenvalue weighted by molar-refractivity contribution is -0.127. The molecule has 6 nitrogen and oxygen atoms in total. The Morgan fingerprint density at radius 1 is 1.18 bits per heavy atom. The molecule has 2 heterocycles. The van der Waals surface area contributed by atoms with E-state index in [4.69, 9.17) is 4.74 Å². The van der Waals surface area contributed by atoms with Crippen molar-refractivity contribution in [2.24, 2.45) is 0 Å². The van der Waals surface area contributed by atoms with Crippen molar-refractivity contribution in [1.82, 2.24) is 10.3 Å². The molecule has 1 aromatic heterocycles. The molecule has 1 amide bonds. The number of piperidine rings is 1. The van der Waals surface area contributed by atoms with Gasteiger partial charge in [0.1, 0.15) is 11.6 Å². The van der Waals surface area contributed by atoms with Gasteiger partial charge in [-0.05, 0) is 56.9 Å². The zero-order valence-electron chi connectivity index (χ0n) is 16.5. The quantitative estimate of drug-likeness (QED) is 0.745. The molecule has 28 heavy (non-hydrogen) atoms. The average molecular weight is 381 g/mol. The van der Waals surface area contributed by atoms with Crippen molar-refractivity contribution in [3.63, 3.8) is 0 Å². The summed E-state index contributed by atoms with van der Waals surface area (Å²) in [4.78, 5) is 30.6. The maximum atomic E-state index is 12.3. The molecule has 1 aliphatic heterocycles. The van der Waals surface area contributed by atoms with Crippen LogP contribution in [-0.2, 0) is 11.3 Å². The van der Waals surface area contributed by atoms with Crippen LogP contribution in [0.3, 0.4) is 0 Å². The van der Waals surface area contributed by atoms with Crippen molar-refractivity contribution in [3.05, 3.63) is 53.7 Å². The van der Waals surface area contributed by atoms with E-state index in [0.717, 1.165) is 24.5 Å². The van der Waals surface area contributed by atoms with Gasteiger partial charge in [-0.2, -0.15) is 0 Å². The summed E-state index contributed by atoms with van der Waals surface area (Å²) in [6.45, 7) is 5.70.